The van der Waals surface area contributed by atoms with E-state index in [9.17, 15) is 0 Å². The van der Waals surface area contributed by atoms with Crippen LogP contribution in [-0.4, -0.2) is 4.98 Å². The van der Waals surface area contributed by atoms with Crippen LogP contribution < -0.4 is 4.90 Å². The predicted molar refractivity (Wildman–Crippen MR) is 248 cm³/mol. The van der Waals surface area contributed by atoms with Crippen LogP contribution in [0.4, 0.5) is 17.1 Å². The van der Waals surface area contributed by atoms with Crippen molar-refractivity contribution in [2.45, 2.75) is 0 Å². The van der Waals surface area contributed by atoms with E-state index >= 15 is 0 Å². The molecule has 0 saturated heterocycles. The molecular formula is C53H32N2S2. The van der Waals surface area contributed by atoms with Crippen LogP contribution in [0.1, 0.15) is 0 Å². The molecule has 3 heterocycles. The van der Waals surface area contributed by atoms with Gasteiger partial charge in [0, 0.05) is 74.6 Å². The second-order valence-electron chi connectivity index (χ2n) is 14.8. The lowest BCUT2D eigenvalue weighted by molar-refractivity contribution is 1.30. The Balaban J connectivity index is 0.967. The fraction of sp³-hybridized carbons (Fsp3) is 0. The molecule has 0 atom stereocenters. The van der Waals surface area contributed by atoms with E-state index in [1.54, 1.807) is 0 Å². The SMILES string of the molecule is c1ccc2cc(-c3ccc(-c4ccc(N(c5ccc6c(c5)sc5c7ccccc7ccc65)c5ccc6c(c5)sc5c7ccccc7ccc65)cc4)cc3)ncc2c1. The first kappa shape index (κ1) is 32.4. The van der Waals surface area contributed by atoms with Crippen LogP contribution in [0.5, 0.6) is 0 Å². The number of pyridine rings is 1. The lowest BCUT2D eigenvalue weighted by atomic mass is 10.0. The number of thiophene rings is 2. The van der Waals surface area contributed by atoms with Gasteiger partial charge in [0.25, 0.3) is 0 Å². The maximum Gasteiger partial charge on any atom is 0.0708 e. The van der Waals surface area contributed by atoms with Gasteiger partial charge >= 0.3 is 0 Å². The van der Waals surface area contributed by atoms with E-state index in [0.717, 1.165) is 33.7 Å². The normalized spacial score (nSPS) is 11.9. The number of nitrogens with zero attached hydrogens (tertiary/aromatic N) is 2. The summed E-state index contributed by atoms with van der Waals surface area (Å²) in [5.74, 6) is 0. The summed E-state index contributed by atoms with van der Waals surface area (Å²) >= 11 is 3.78. The van der Waals surface area contributed by atoms with Crippen LogP contribution in [0.25, 0.3) is 95.0 Å². The van der Waals surface area contributed by atoms with Crippen molar-refractivity contribution in [1.29, 1.82) is 0 Å². The first-order valence-electron chi connectivity index (χ1n) is 19.3. The molecule has 4 heteroatoms. The Morgan fingerprint density at radius 2 is 0.789 bits per heavy atom. The second-order valence-corrected chi connectivity index (χ2v) is 16.9. The average Bonchev–Trinajstić information content (AvgIpc) is 3.85. The van der Waals surface area contributed by atoms with Crippen molar-refractivity contribution >= 4 is 112 Å². The Bertz CT molecular complexity index is 3370. The summed E-state index contributed by atoms with van der Waals surface area (Å²) in [6.45, 7) is 0. The van der Waals surface area contributed by atoms with Gasteiger partial charge in [-0.3, -0.25) is 4.98 Å². The van der Waals surface area contributed by atoms with Crippen molar-refractivity contribution in [3.8, 4) is 22.4 Å². The van der Waals surface area contributed by atoms with Crippen LogP contribution >= 0.6 is 22.7 Å². The lowest BCUT2D eigenvalue weighted by Gasteiger charge is -2.26. The molecule has 12 aromatic rings. The standard InChI is InChI=1S/C53H32N2S2/c1-2-10-39-32-54-49(29-38(39)9-1)37-15-13-33(14-16-37)34-17-21-40(22-18-34)55(41-23-27-45-47-25-19-35-7-3-5-11-43(35)52(47)56-50(45)30-41)42-24-28-46-48-26-20-36-8-4-6-12-44(36)53(48)57-51(46)31-42/h1-32H. The zero-order valence-corrected chi connectivity index (χ0v) is 32.3. The summed E-state index contributed by atoms with van der Waals surface area (Å²) in [4.78, 5) is 7.17. The molecule has 0 aliphatic carbocycles. The van der Waals surface area contributed by atoms with Crippen LogP contribution in [-0.2, 0) is 0 Å². The van der Waals surface area contributed by atoms with Gasteiger partial charge in [0.2, 0.25) is 0 Å². The number of rotatable bonds is 5. The highest BCUT2D eigenvalue weighted by Crippen LogP contribution is 2.45. The molecule has 0 unspecified atom stereocenters. The monoisotopic (exact) mass is 760 g/mol. The minimum Gasteiger partial charge on any atom is -0.310 e. The van der Waals surface area contributed by atoms with Crippen LogP contribution in [0, 0.1) is 0 Å². The molecule has 3 aromatic heterocycles. The topological polar surface area (TPSA) is 16.1 Å². The third kappa shape index (κ3) is 5.33. The van der Waals surface area contributed by atoms with Crippen molar-refractivity contribution in [1.82, 2.24) is 4.98 Å². The highest BCUT2D eigenvalue weighted by molar-refractivity contribution is 7.27. The number of aromatic nitrogens is 1. The fourth-order valence-corrected chi connectivity index (χ4v) is 11.1. The second kappa shape index (κ2) is 12.9. The van der Waals surface area contributed by atoms with E-state index in [2.05, 4.69) is 193 Å². The molecule has 9 aromatic carbocycles. The highest BCUT2D eigenvalue weighted by Gasteiger charge is 2.18. The minimum atomic E-state index is 0.985. The van der Waals surface area contributed by atoms with Gasteiger partial charge in [-0.05, 0) is 80.5 Å². The zero-order valence-electron chi connectivity index (χ0n) is 30.7. The fourth-order valence-electron chi connectivity index (χ4n) is 8.59. The van der Waals surface area contributed by atoms with Gasteiger partial charge in [-0.1, -0.05) is 146 Å². The summed E-state index contributed by atoms with van der Waals surface area (Å²) in [5, 5.41) is 12.8. The number of benzene rings is 9. The molecule has 0 bridgehead atoms. The summed E-state index contributed by atoms with van der Waals surface area (Å²) in [6, 6.07) is 68.9. The molecule has 0 amide bonds. The molecular weight excluding hydrogens is 729 g/mol. The minimum absolute atomic E-state index is 0.985. The molecule has 0 radical (unpaired) electrons. The number of fused-ring (bicyclic) bond motifs is 11. The van der Waals surface area contributed by atoms with E-state index in [1.807, 2.05) is 28.9 Å². The van der Waals surface area contributed by atoms with E-state index in [1.165, 1.54) is 78.4 Å². The predicted octanol–water partition coefficient (Wildman–Crippen LogP) is 16.1. The first-order valence-corrected chi connectivity index (χ1v) is 20.9. The number of hydrogen-bond donors (Lipinski definition) is 0. The third-order valence-electron chi connectivity index (χ3n) is 11.5. The van der Waals surface area contributed by atoms with Crippen molar-refractivity contribution in [2.24, 2.45) is 0 Å². The van der Waals surface area contributed by atoms with Gasteiger partial charge in [0.1, 0.15) is 0 Å². The smallest absolute Gasteiger partial charge is 0.0708 e. The number of anilines is 3. The number of hydrogen-bond acceptors (Lipinski definition) is 4. The van der Waals surface area contributed by atoms with E-state index in [4.69, 9.17) is 4.98 Å². The van der Waals surface area contributed by atoms with Crippen molar-refractivity contribution in [2.75, 3.05) is 4.90 Å². The van der Waals surface area contributed by atoms with E-state index in [-0.39, 0.29) is 0 Å². The van der Waals surface area contributed by atoms with Crippen molar-refractivity contribution in [3.05, 3.63) is 194 Å². The van der Waals surface area contributed by atoms with Crippen molar-refractivity contribution in [3.63, 3.8) is 0 Å². The molecule has 57 heavy (non-hydrogen) atoms. The maximum absolute atomic E-state index is 4.75. The van der Waals surface area contributed by atoms with Gasteiger partial charge in [-0.15, -0.1) is 22.7 Å². The lowest BCUT2D eigenvalue weighted by Crippen LogP contribution is -2.09. The first-order chi connectivity index (χ1) is 28.2. The Hall–Kier alpha value is -6.85. The van der Waals surface area contributed by atoms with Crippen LogP contribution in [0.3, 0.4) is 0 Å². The molecule has 0 N–H and O–H groups in total. The summed E-state index contributed by atoms with van der Waals surface area (Å²) in [5.41, 5.74) is 7.85. The van der Waals surface area contributed by atoms with Crippen molar-refractivity contribution < 1.29 is 0 Å². The van der Waals surface area contributed by atoms with Gasteiger partial charge in [0.15, 0.2) is 0 Å². The molecule has 12 rings (SSSR count). The van der Waals surface area contributed by atoms with Crippen LogP contribution in [0.2, 0.25) is 0 Å². The average molecular weight is 761 g/mol. The van der Waals surface area contributed by atoms with Gasteiger partial charge in [-0.25, -0.2) is 0 Å². The van der Waals surface area contributed by atoms with Gasteiger partial charge < -0.3 is 4.90 Å². The highest BCUT2D eigenvalue weighted by atomic mass is 32.1. The van der Waals surface area contributed by atoms with Crippen LogP contribution in [0.15, 0.2) is 194 Å². The van der Waals surface area contributed by atoms with Gasteiger partial charge in [0.05, 0.1) is 5.69 Å². The molecule has 0 fully saturated rings. The Morgan fingerprint density at radius 1 is 0.333 bits per heavy atom. The molecule has 266 valence electrons. The summed E-state index contributed by atoms with van der Waals surface area (Å²) < 4.78 is 5.27. The Labute approximate surface area is 337 Å². The molecule has 0 aliphatic heterocycles. The molecule has 2 nitrogen and oxygen atoms in total. The molecule has 0 saturated carbocycles. The quantitative estimate of drug-likeness (QED) is 0.174. The maximum atomic E-state index is 4.75. The molecule has 0 aliphatic rings. The Kier molecular flexibility index (Phi) is 7.31. The van der Waals surface area contributed by atoms with E-state index < -0.39 is 0 Å². The third-order valence-corrected chi connectivity index (χ3v) is 13.9. The summed E-state index contributed by atoms with van der Waals surface area (Å²) in [7, 11) is 0. The largest absolute Gasteiger partial charge is 0.310 e. The van der Waals surface area contributed by atoms with Gasteiger partial charge in [-0.2, -0.15) is 0 Å². The Morgan fingerprint density at radius 3 is 1.37 bits per heavy atom. The summed E-state index contributed by atoms with van der Waals surface area (Å²) in [6.07, 6.45) is 1.96. The van der Waals surface area contributed by atoms with E-state index in [0.29, 0.717) is 0 Å². The zero-order chi connectivity index (χ0) is 37.5. The molecule has 0 spiro atoms.